The van der Waals surface area contributed by atoms with Gasteiger partial charge in [0.1, 0.15) is 5.04 Å². The van der Waals surface area contributed by atoms with E-state index in [-0.39, 0.29) is 11.4 Å². The predicted molar refractivity (Wildman–Crippen MR) is 141 cm³/mol. The lowest BCUT2D eigenvalue weighted by Crippen LogP contribution is -2.35. The lowest BCUT2D eigenvalue weighted by atomic mass is 10.1. The second-order valence-corrected chi connectivity index (χ2v) is 9.28. The number of aromatic nitrogens is 2. The van der Waals surface area contributed by atoms with Crippen molar-refractivity contribution >= 4 is 50.7 Å². The van der Waals surface area contributed by atoms with Crippen molar-refractivity contribution in [2.75, 3.05) is 0 Å². The maximum Gasteiger partial charge on any atom is 0.283 e. The van der Waals surface area contributed by atoms with Crippen LogP contribution in [0.1, 0.15) is 22.3 Å². The smallest absolute Gasteiger partial charge is 0.283 e. The largest absolute Gasteiger partial charge is 0.342 e. The third-order valence-electron chi connectivity index (χ3n) is 6.08. The molecule has 8 heteroatoms. The fourth-order valence-electron chi connectivity index (χ4n) is 4.25. The van der Waals surface area contributed by atoms with Gasteiger partial charge in [-0.25, -0.2) is 0 Å². The van der Waals surface area contributed by atoms with Crippen molar-refractivity contribution < 1.29 is 4.79 Å². The lowest BCUT2D eigenvalue weighted by molar-refractivity contribution is -0.114. The highest BCUT2D eigenvalue weighted by atomic mass is 32.2. The van der Waals surface area contributed by atoms with E-state index in [1.165, 1.54) is 27.9 Å². The number of hydrazone groups is 1. The minimum Gasteiger partial charge on any atom is -0.342 e. The number of amides is 1. The van der Waals surface area contributed by atoms with Gasteiger partial charge in [0.15, 0.2) is 5.84 Å². The molecular formula is C27H20N6OS. The Kier molecular flexibility index (Phi) is 5.15. The van der Waals surface area contributed by atoms with Crippen molar-refractivity contribution in [2.45, 2.75) is 13.5 Å². The quantitative estimate of drug-likeness (QED) is 0.417. The number of nitrogens with one attached hydrogen (secondary N) is 1. The summed E-state index contributed by atoms with van der Waals surface area (Å²) < 4.78 is 2.18. The van der Waals surface area contributed by atoms with E-state index in [1.807, 2.05) is 48.7 Å². The summed E-state index contributed by atoms with van der Waals surface area (Å²) in [5, 5.41) is 16.8. The summed E-state index contributed by atoms with van der Waals surface area (Å²) in [6.45, 7) is 2.82. The van der Waals surface area contributed by atoms with E-state index in [1.54, 1.807) is 18.5 Å². The number of benzene rings is 2. The van der Waals surface area contributed by atoms with Crippen molar-refractivity contribution in [3.05, 3.63) is 107 Å². The van der Waals surface area contributed by atoms with Gasteiger partial charge in [-0.2, -0.15) is 15.1 Å². The van der Waals surface area contributed by atoms with E-state index in [2.05, 4.69) is 44.8 Å². The highest BCUT2D eigenvalue weighted by molar-refractivity contribution is 8.27. The highest BCUT2D eigenvalue weighted by Gasteiger charge is 2.36. The van der Waals surface area contributed by atoms with Gasteiger partial charge < -0.3 is 4.57 Å². The van der Waals surface area contributed by atoms with E-state index < -0.39 is 5.91 Å². The molecule has 0 fully saturated rings. The molecule has 170 valence electrons. The molecule has 7 nitrogen and oxygen atoms in total. The molecule has 0 spiro atoms. The number of carbonyl (C=O) groups is 1. The molecule has 1 amide bonds. The number of pyridine rings is 1. The average molecular weight is 477 g/mol. The van der Waals surface area contributed by atoms with Gasteiger partial charge in [0, 0.05) is 47.2 Å². The van der Waals surface area contributed by atoms with Crippen LogP contribution in [0.4, 0.5) is 0 Å². The van der Waals surface area contributed by atoms with E-state index >= 15 is 0 Å². The molecule has 2 aliphatic heterocycles. The maximum atomic E-state index is 13.0. The van der Waals surface area contributed by atoms with Crippen molar-refractivity contribution in [2.24, 2.45) is 10.1 Å². The standard InChI is InChI=1S/C27H20N6OS/c1-17-7-2-3-8-19(17)15-32-16-20(21-10-4-5-11-23(21)32)13-22-24(28)33-27(30-25(22)34)35-26(31-33)18-9-6-12-29-14-18/h2-14,16,28H,15H2,1H3/b22-13+,28-24?. The molecule has 0 saturated heterocycles. The van der Waals surface area contributed by atoms with Crippen LogP contribution in [0.2, 0.25) is 0 Å². The summed E-state index contributed by atoms with van der Waals surface area (Å²) in [5.41, 5.74) is 5.42. The monoisotopic (exact) mass is 476 g/mol. The Morgan fingerprint density at radius 3 is 2.71 bits per heavy atom. The zero-order valence-corrected chi connectivity index (χ0v) is 19.7. The Bertz CT molecular complexity index is 1600. The maximum absolute atomic E-state index is 13.0. The Hall–Kier alpha value is -4.30. The normalized spacial score (nSPS) is 16.6. The van der Waals surface area contributed by atoms with E-state index in [0.717, 1.165) is 22.0 Å². The number of carbonyl (C=O) groups excluding carboxylic acids is 1. The molecule has 35 heavy (non-hydrogen) atoms. The van der Waals surface area contributed by atoms with Crippen LogP contribution in [0, 0.1) is 12.3 Å². The Labute approximate surface area is 206 Å². The average Bonchev–Trinajstić information content (AvgIpc) is 3.46. The van der Waals surface area contributed by atoms with Gasteiger partial charge >= 0.3 is 0 Å². The SMILES string of the molecule is Cc1ccccc1Cn1cc(/C=C2\C(=N)N3N=C(c4cccnc4)SC3=NC2=O)c2ccccc21. The van der Waals surface area contributed by atoms with Crippen LogP contribution in [0.25, 0.3) is 17.0 Å². The van der Waals surface area contributed by atoms with Crippen LogP contribution in [-0.2, 0) is 11.3 Å². The zero-order valence-electron chi connectivity index (χ0n) is 18.8. The van der Waals surface area contributed by atoms with Crippen molar-refractivity contribution in [1.29, 1.82) is 5.41 Å². The summed E-state index contributed by atoms with van der Waals surface area (Å²) in [6, 6.07) is 20.1. The molecule has 0 bridgehead atoms. The summed E-state index contributed by atoms with van der Waals surface area (Å²) in [7, 11) is 0. The number of nitrogens with zero attached hydrogens (tertiary/aromatic N) is 5. The van der Waals surface area contributed by atoms with Gasteiger partial charge in [0.2, 0.25) is 5.17 Å². The Balaban J connectivity index is 1.39. The summed E-state index contributed by atoms with van der Waals surface area (Å²) in [6.07, 6.45) is 7.18. The first-order valence-electron chi connectivity index (χ1n) is 11.1. The molecule has 0 unspecified atom stereocenters. The second kappa shape index (κ2) is 8.48. The van der Waals surface area contributed by atoms with E-state index in [4.69, 9.17) is 5.41 Å². The van der Waals surface area contributed by atoms with Gasteiger partial charge in [0.05, 0.1) is 5.57 Å². The number of aryl methyl sites for hydroxylation is 1. The number of thioether (sulfide) groups is 1. The van der Waals surface area contributed by atoms with Crippen molar-refractivity contribution in [3.8, 4) is 0 Å². The molecule has 2 aliphatic rings. The molecule has 4 heterocycles. The number of amidine groups is 2. The van der Waals surface area contributed by atoms with Gasteiger partial charge in [0.25, 0.3) is 5.91 Å². The predicted octanol–water partition coefficient (Wildman–Crippen LogP) is 5.06. The highest BCUT2D eigenvalue weighted by Crippen LogP contribution is 2.32. The molecule has 0 aliphatic carbocycles. The third-order valence-corrected chi connectivity index (χ3v) is 7.04. The second-order valence-electron chi connectivity index (χ2n) is 8.32. The summed E-state index contributed by atoms with van der Waals surface area (Å²) in [4.78, 5) is 21.3. The van der Waals surface area contributed by atoms with Crippen LogP contribution < -0.4 is 0 Å². The van der Waals surface area contributed by atoms with Crippen LogP contribution in [0.3, 0.4) is 0 Å². The Morgan fingerprint density at radius 1 is 1.06 bits per heavy atom. The minimum atomic E-state index is -0.438. The molecule has 0 saturated carbocycles. The van der Waals surface area contributed by atoms with Crippen molar-refractivity contribution in [3.63, 3.8) is 0 Å². The van der Waals surface area contributed by atoms with Crippen LogP contribution >= 0.6 is 11.8 Å². The summed E-state index contributed by atoms with van der Waals surface area (Å²) >= 11 is 1.27. The number of hydrogen-bond donors (Lipinski definition) is 1. The van der Waals surface area contributed by atoms with E-state index in [0.29, 0.717) is 16.8 Å². The summed E-state index contributed by atoms with van der Waals surface area (Å²) in [5.74, 6) is -0.422. The molecule has 2 aromatic carbocycles. The van der Waals surface area contributed by atoms with Crippen LogP contribution in [0.5, 0.6) is 0 Å². The topological polar surface area (TPSA) is 86.7 Å². The number of aliphatic imine (C=N–C) groups is 1. The van der Waals surface area contributed by atoms with Crippen LogP contribution in [0.15, 0.2) is 94.9 Å². The fraction of sp³-hybridized carbons (Fsp3) is 0.0741. The molecule has 2 aromatic heterocycles. The number of para-hydroxylation sites is 1. The molecule has 6 rings (SSSR count). The zero-order chi connectivity index (χ0) is 23.9. The molecule has 1 N–H and O–H groups in total. The number of hydrogen-bond acceptors (Lipinski definition) is 5. The van der Waals surface area contributed by atoms with Gasteiger partial charge in [-0.05, 0) is 54.1 Å². The van der Waals surface area contributed by atoms with Crippen LogP contribution in [-0.4, -0.2) is 36.5 Å². The first kappa shape index (κ1) is 21.2. The number of rotatable bonds is 4. The first-order chi connectivity index (χ1) is 17.1. The van der Waals surface area contributed by atoms with E-state index in [9.17, 15) is 4.79 Å². The molecule has 0 radical (unpaired) electrons. The lowest BCUT2D eigenvalue weighted by Gasteiger charge is -2.20. The minimum absolute atomic E-state index is 0.0159. The molecular weight excluding hydrogens is 456 g/mol. The van der Waals surface area contributed by atoms with Gasteiger partial charge in [-0.1, -0.05) is 42.5 Å². The van der Waals surface area contributed by atoms with Gasteiger partial charge in [-0.3, -0.25) is 15.2 Å². The molecule has 0 atom stereocenters. The fourth-order valence-corrected chi connectivity index (χ4v) is 5.13. The first-order valence-corrected chi connectivity index (χ1v) is 11.9. The molecule has 4 aromatic rings. The Morgan fingerprint density at radius 2 is 1.89 bits per heavy atom. The van der Waals surface area contributed by atoms with Crippen molar-refractivity contribution in [1.82, 2.24) is 14.6 Å². The number of fused-ring (bicyclic) bond motifs is 2. The van der Waals surface area contributed by atoms with Gasteiger partial charge in [-0.15, -0.1) is 0 Å². The third kappa shape index (κ3) is 3.77.